The Kier molecular flexibility index (Phi) is 4.62. The van der Waals surface area contributed by atoms with Gasteiger partial charge in [0.2, 0.25) is 0 Å². The molecule has 0 radical (unpaired) electrons. The smallest absolute Gasteiger partial charge is 0.144 e. The van der Waals surface area contributed by atoms with Gasteiger partial charge in [0.05, 0.1) is 26.6 Å². The highest BCUT2D eigenvalue weighted by Gasteiger charge is 2.18. The lowest BCUT2D eigenvalue weighted by atomic mass is 10.2. The average Bonchev–Trinajstić information content (AvgIpc) is 2.33. The minimum absolute atomic E-state index is 0.0680. The van der Waals surface area contributed by atoms with Crippen LogP contribution < -0.4 is 5.73 Å². The van der Waals surface area contributed by atoms with Gasteiger partial charge in [0.1, 0.15) is 16.5 Å². The molecule has 0 saturated heterocycles. The number of anilines is 1. The van der Waals surface area contributed by atoms with Crippen molar-refractivity contribution in [2.24, 2.45) is 0 Å². The number of nitrogen functional groups attached to an aromatic ring is 1. The van der Waals surface area contributed by atoms with Crippen LogP contribution in [0.15, 0.2) is 35.2 Å². The molecule has 106 valence electrons. The van der Waals surface area contributed by atoms with E-state index in [1.807, 2.05) is 0 Å². The number of rotatable bonds is 3. The highest BCUT2D eigenvalue weighted by atomic mass is 35.5. The normalized spacial score (nSPS) is 12.4. The van der Waals surface area contributed by atoms with Gasteiger partial charge in [0, 0.05) is 5.69 Å². The van der Waals surface area contributed by atoms with Crippen LogP contribution in [0.4, 0.5) is 14.5 Å². The Balaban J connectivity index is 2.36. The van der Waals surface area contributed by atoms with Crippen LogP contribution >= 0.6 is 23.2 Å². The van der Waals surface area contributed by atoms with Gasteiger partial charge in [0.15, 0.2) is 0 Å². The molecule has 2 rings (SSSR count). The summed E-state index contributed by atoms with van der Waals surface area (Å²) in [4.78, 5) is -0.518. The van der Waals surface area contributed by atoms with Gasteiger partial charge in [-0.15, -0.1) is 0 Å². The minimum Gasteiger partial charge on any atom is -0.399 e. The molecule has 2 aromatic carbocycles. The number of hydrogen-bond donors (Lipinski definition) is 1. The van der Waals surface area contributed by atoms with E-state index in [0.29, 0.717) is 10.6 Å². The van der Waals surface area contributed by atoms with E-state index in [1.165, 1.54) is 0 Å². The van der Waals surface area contributed by atoms with Crippen molar-refractivity contribution in [2.75, 3.05) is 5.73 Å². The van der Waals surface area contributed by atoms with E-state index in [9.17, 15) is 13.0 Å². The molecule has 7 heteroatoms. The maximum Gasteiger partial charge on any atom is 0.144 e. The molecule has 2 nitrogen and oxygen atoms in total. The van der Waals surface area contributed by atoms with Gasteiger partial charge in [-0.05, 0) is 23.8 Å². The zero-order chi connectivity index (χ0) is 14.9. The number of benzene rings is 2. The predicted molar refractivity (Wildman–Crippen MR) is 77.3 cm³/mol. The summed E-state index contributed by atoms with van der Waals surface area (Å²) in [6.07, 6.45) is 0. The molecule has 0 spiro atoms. The molecule has 2 aromatic rings. The first-order valence-corrected chi connectivity index (χ1v) is 7.53. The zero-order valence-corrected chi connectivity index (χ0v) is 12.3. The molecule has 0 bridgehead atoms. The molecule has 0 aliphatic carbocycles. The van der Waals surface area contributed by atoms with E-state index in [1.54, 1.807) is 18.2 Å². The standard InChI is InChI=1S/C13H9Cl2F2NOS/c14-9-3-1-2-7(12(9)15)6-20(19)13-10(16)4-8(18)5-11(13)17/h1-5H,6,18H2. The number of halogens is 4. The van der Waals surface area contributed by atoms with Crippen LogP contribution in [0.3, 0.4) is 0 Å². The van der Waals surface area contributed by atoms with Gasteiger partial charge in [0.25, 0.3) is 0 Å². The lowest BCUT2D eigenvalue weighted by Gasteiger charge is -2.08. The summed E-state index contributed by atoms with van der Waals surface area (Å²) in [5.74, 6) is -2.03. The zero-order valence-electron chi connectivity index (χ0n) is 10.00. The van der Waals surface area contributed by atoms with Gasteiger partial charge in [-0.2, -0.15) is 0 Å². The first kappa shape index (κ1) is 15.2. The summed E-state index contributed by atoms with van der Waals surface area (Å²) < 4.78 is 39.5. The second kappa shape index (κ2) is 6.08. The van der Waals surface area contributed by atoms with Crippen molar-refractivity contribution >= 4 is 39.7 Å². The van der Waals surface area contributed by atoms with Crippen molar-refractivity contribution in [3.63, 3.8) is 0 Å². The molecule has 2 N–H and O–H groups in total. The minimum atomic E-state index is -1.93. The van der Waals surface area contributed by atoms with Crippen LogP contribution in [0.1, 0.15) is 5.56 Å². The molecular weight excluding hydrogens is 327 g/mol. The van der Waals surface area contributed by atoms with Crippen molar-refractivity contribution in [2.45, 2.75) is 10.6 Å². The second-order valence-corrected chi connectivity index (χ2v) is 6.19. The number of hydrogen-bond acceptors (Lipinski definition) is 2. The third-order valence-corrected chi connectivity index (χ3v) is 4.84. The van der Waals surface area contributed by atoms with E-state index >= 15 is 0 Å². The van der Waals surface area contributed by atoms with E-state index in [0.717, 1.165) is 12.1 Å². The number of nitrogens with two attached hydrogens (primary N) is 1. The third kappa shape index (κ3) is 3.11. The Hall–Kier alpha value is -1.17. The van der Waals surface area contributed by atoms with Crippen molar-refractivity contribution in [1.82, 2.24) is 0 Å². The molecule has 0 aliphatic heterocycles. The van der Waals surface area contributed by atoms with Gasteiger partial charge >= 0.3 is 0 Å². The monoisotopic (exact) mass is 335 g/mol. The Labute approximate surface area is 127 Å². The molecule has 0 aromatic heterocycles. The van der Waals surface area contributed by atoms with Crippen molar-refractivity contribution in [3.8, 4) is 0 Å². The molecule has 0 fully saturated rings. The topological polar surface area (TPSA) is 43.1 Å². The lowest BCUT2D eigenvalue weighted by Crippen LogP contribution is -2.04. The first-order valence-electron chi connectivity index (χ1n) is 5.46. The fourth-order valence-corrected chi connectivity index (χ4v) is 3.36. The summed E-state index contributed by atoms with van der Waals surface area (Å²) in [7, 11) is -1.93. The van der Waals surface area contributed by atoms with Crippen molar-refractivity contribution in [1.29, 1.82) is 0 Å². The van der Waals surface area contributed by atoms with Gasteiger partial charge in [-0.25, -0.2) is 8.78 Å². The molecule has 0 aliphatic rings. The summed E-state index contributed by atoms with van der Waals surface area (Å²) in [5.41, 5.74) is 5.69. The lowest BCUT2D eigenvalue weighted by molar-refractivity contribution is 0.535. The Morgan fingerprint density at radius 3 is 2.35 bits per heavy atom. The largest absolute Gasteiger partial charge is 0.399 e. The molecule has 1 atom stereocenters. The van der Waals surface area contributed by atoms with Gasteiger partial charge in [-0.3, -0.25) is 4.21 Å². The summed E-state index contributed by atoms with van der Waals surface area (Å²) in [6, 6.07) is 6.64. The van der Waals surface area contributed by atoms with Crippen LogP contribution in [0.2, 0.25) is 10.0 Å². The molecule has 0 saturated carbocycles. The summed E-state index contributed by atoms with van der Waals surface area (Å²) in [5, 5.41) is 0.512. The maximum absolute atomic E-state index is 13.7. The van der Waals surface area contributed by atoms with Gasteiger partial charge < -0.3 is 5.73 Å². The van der Waals surface area contributed by atoms with Crippen molar-refractivity contribution < 1.29 is 13.0 Å². The van der Waals surface area contributed by atoms with Crippen molar-refractivity contribution in [3.05, 3.63) is 57.6 Å². The Morgan fingerprint density at radius 1 is 1.15 bits per heavy atom. The van der Waals surface area contributed by atoms with Gasteiger partial charge in [-0.1, -0.05) is 35.3 Å². The maximum atomic E-state index is 13.7. The van der Waals surface area contributed by atoms with E-state index in [4.69, 9.17) is 28.9 Å². The molecule has 0 heterocycles. The van der Waals surface area contributed by atoms with Crippen LogP contribution in [-0.2, 0) is 16.6 Å². The first-order chi connectivity index (χ1) is 9.40. The summed E-state index contributed by atoms with van der Waals surface area (Å²) in [6.45, 7) is 0. The predicted octanol–water partition coefficient (Wildman–Crippen LogP) is 4.16. The molecule has 20 heavy (non-hydrogen) atoms. The molecule has 0 amide bonds. The van der Waals surface area contributed by atoms with Crippen LogP contribution in [0, 0.1) is 11.6 Å². The quantitative estimate of drug-likeness (QED) is 0.855. The van der Waals surface area contributed by atoms with Crippen LogP contribution in [0.25, 0.3) is 0 Å². The molecular formula is C13H9Cl2F2NOS. The van der Waals surface area contributed by atoms with E-state index < -0.39 is 27.3 Å². The second-order valence-electron chi connectivity index (χ2n) is 4.02. The molecule has 1 unspecified atom stereocenters. The highest BCUT2D eigenvalue weighted by Crippen LogP contribution is 2.29. The summed E-state index contributed by atoms with van der Waals surface area (Å²) >= 11 is 11.8. The van der Waals surface area contributed by atoms with E-state index in [-0.39, 0.29) is 16.5 Å². The highest BCUT2D eigenvalue weighted by molar-refractivity contribution is 7.84. The Bertz CT molecular complexity index is 671. The fourth-order valence-electron chi connectivity index (χ4n) is 1.67. The average molecular weight is 336 g/mol. The van der Waals surface area contributed by atoms with Crippen LogP contribution in [0.5, 0.6) is 0 Å². The SMILES string of the molecule is Nc1cc(F)c(S(=O)Cc2cccc(Cl)c2Cl)c(F)c1. The Morgan fingerprint density at radius 2 is 1.75 bits per heavy atom. The van der Waals surface area contributed by atoms with E-state index in [2.05, 4.69) is 0 Å². The van der Waals surface area contributed by atoms with Crippen LogP contribution in [-0.4, -0.2) is 4.21 Å². The third-order valence-electron chi connectivity index (χ3n) is 2.57. The fraction of sp³-hybridized carbons (Fsp3) is 0.0769.